The molecule has 0 radical (unpaired) electrons. The summed E-state index contributed by atoms with van der Waals surface area (Å²) in [5, 5.41) is 12.7. The van der Waals surface area contributed by atoms with E-state index in [0.29, 0.717) is 11.4 Å². The Morgan fingerprint density at radius 2 is 1.21 bits per heavy atom. The van der Waals surface area contributed by atoms with Gasteiger partial charge in [-0.3, -0.25) is 9.55 Å². The molecule has 2 heterocycles. The third-order valence-corrected chi connectivity index (χ3v) is 11.0. The summed E-state index contributed by atoms with van der Waals surface area (Å²) >= 11 is 0. The van der Waals surface area contributed by atoms with Crippen LogP contribution in [0, 0.1) is 26.8 Å². The molecule has 0 atom stereocenters. The molecule has 8 aromatic rings. The van der Waals surface area contributed by atoms with E-state index in [2.05, 4.69) is 176 Å². The second-order valence-corrected chi connectivity index (χ2v) is 17.0. The number of fused-ring (bicyclic) bond motifs is 2. The van der Waals surface area contributed by atoms with Crippen molar-refractivity contribution in [3.8, 4) is 56.2 Å². The predicted octanol–water partition coefficient (Wildman–Crippen LogP) is 13.3. The number of benzene rings is 6. The fraction of sp³-hybridized carbons (Fsp3) is 0.216. The molecule has 0 aliphatic carbocycles. The normalized spacial score (nSPS) is 11.9. The Bertz CT molecular complexity index is 2740. The van der Waals surface area contributed by atoms with Crippen molar-refractivity contribution < 1.29 is 26.2 Å². The minimum atomic E-state index is -0.126. The van der Waals surface area contributed by atoms with Crippen LogP contribution in [0.3, 0.4) is 0 Å². The van der Waals surface area contributed by atoms with E-state index >= 15 is 0 Å². The first-order chi connectivity index (χ1) is 26.2. The topological polar surface area (TPSA) is 50.9 Å². The molecule has 0 saturated heterocycles. The molecule has 4 nitrogen and oxygen atoms in total. The molecular weight excluding hydrogens is 866 g/mol. The molecule has 5 heteroatoms. The monoisotopic (exact) mass is 913 g/mol. The number of hydrogen-bond donors (Lipinski definition) is 1. The van der Waals surface area contributed by atoms with Gasteiger partial charge in [0.1, 0.15) is 11.6 Å². The predicted molar refractivity (Wildman–Crippen MR) is 230 cm³/mol. The van der Waals surface area contributed by atoms with Crippen LogP contribution in [-0.4, -0.2) is 19.6 Å². The molecule has 0 unspecified atom stereocenters. The Morgan fingerprint density at radius 3 is 1.89 bits per heavy atom. The Hall–Kier alpha value is -5.31. The second-order valence-electron chi connectivity index (χ2n) is 17.0. The van der Waals surface area contributed by atoms with E-state index in [-0.39, 0.29) is 37.6 Å². The molecule has 0 aliphatic rings. The molecule has 0 amide bonds. The van der Waals surface area contributed by atoms with Gasteiger partial charge in [-0.05, 0) is 112 Å². The second kappa shape index (κ2) is 14.6. The maximum Gasteiger partial charge on any atom is 0.148 e. The fourth-order valence-corrected chi connectivity index (χ4v) is 7.85. The van der Waals surface area contributed by atoms with Crippen LogP contribution >= 0.6 is 0 Å². The number of aromatic nitrogens is 3. The summed E-state index contributed by atoms with van der Waals surface area (Å²) < 4.78 is 2.23. The summed E-state index contributed by atoms with van der Waals surface area (Å²) in [5.74, 6) is 0.881. The van der Waals surface area contributed by atoms with E-state index in [1.165, 1.54) is 27.8 Å². The molecule has 0 fully saturated rings. The maximum atomic E-state index is 11.6. The quantitative estimate of drug-likeness (QED) is 0.175. The molecule has 8 rings (SSSR count). The zero-order valence-electron chi connectivity index (χ0n) is 33.7. The van der Waals surface area contributed by atoms with Gasteiger partial charge in [-0.15, -0.1) is 35.4 Å². The van der Waals surface area contributed by atoms with Gasteiger partial charge in [-0.1, -0.05) is 113 Å². The SMILES string of the molecule is Cc1cccc(C)c1-c1cc(-c2[c-]c(-c3cccc4c(C)ccnc34)ccc2)c2nc(-c3cc(C(C)(C)C)ccc3O)n(-c3ccc(C(C)(C)C)cc3)c2c1.[Pt]. The number of rotatable bonds is 5. The van der Waals surface area contributed by atoms with Gasteiger partial charge in [0.15, 0.2) is 0 Å². The molecule has 1 N–H and O–H groups in total. The van der Waals surface area contributed by atoms with Crippen molar-refractivity contribution in [2.24, 2.45) is 0 Å². The first-order valence-electron chi connectivity index (χ1n) is 19.1. The van der Waals surface area contributed by atoms with Crippen molar-refractivity contribution in [3.63, 3.8) is 0 Å². The van der Waals surface area contributed by atoms with Gasteiger partial charge in [0, 0.05) is 38.5 Å². The van der Waals surface area contributed by atoms with Crippen LogP contribution in [0.25, 0.3) is 72.4 Å². The minimum Gasteiger partial charge on any atom is -0.507 e. The molecule has 6 aromatic carbocycles. The average Bonchev–Trinajstić information content (AvgIpc) is 3.53. The molecule has 0 bridgehead atoms. The largest absolute Gasteiger partial charge is 0.507 e. The van der Waals surface area contributed by atoms with Crippen LogP contribution in [0.5, 0.6) is 5.75 Å². The maximum absolute atomic E-state index is 11.6. The van der Waals surface area contributed by atoms with Gasteiger partial charge in [0.25, 0.3) is 0 Å². The van der Waals surface area contributed by atoms with Crippen LogP contribution in [0.4, 0.5) is 0 Å². The summed E-state index contributed by atoms with van der Waals surface area (Å²) in [5.41, 5.74) is 16.5. The van der Waals surface area contributed by atoms with Crippen LogP contribution < -0.4 is 0 Å². The Labute approximate surface area is 345 Å². The number of para-hydroxylation sites is 1. The first-order valence-corrected chi connectivity index (χ1v) is 19.1. The van der Waals surface area contributed by atoms with E-state index in [1.54, 1.807) is 0 Å². The standard InChI is InChI=1S/C51H48N3O.Pt/c1-31-25-26-52-47-40(31)17-12-18-41(47)34-15-11-16-35(27-34)42-28-36(46-32(2)13-10-14-33(46)3)29-44-48(42)53-49(43-30-38(51(7,8)9)21-24-45(43)55)54(44)39-22-19-37(20-23-39)50(4,5)6;/h10-26,28-30,55H,1-9H3;/q-1;. The van der Waals surface area contributed by atoms with Crippen molar-refractivity contribution in [2.75, 3.05) is 0 Å². The van der Waals surface area contributed by atoms with E-state index < -0.39 is 0 Å². The van der Waals surface area contributed by atoms with E-state index in [9.17, 15) is 5.11 Å². The number of hydrogen-bond acceptors (Lipinski definition) is 3. The third kappa shape index (κ3) is 7.01. The summed E-state index contributed by atoms with van der Waals surface area (Å²) in [6, 6.07) is 44.3. The number of phenols is 1. The smallest absolute Gasteiger partial charge is 0.148 e. The van der Waals surface area contributed by atoms with Gasteiger partial charge < -0.3 is 5.11 Å². The van der Waals surface area contributed by atoms with Crippen LogP contribution in [0.1, 0.15) is 69.4 Å². The third-order valence-electron chi connectivity index (χ3n) is 11.0. The Kier molecular flexibility index (Phi) is 10.2. The van der Waals surface area contributed by atoms with Gasteiger partial charge in [0.2, 0.25) is 0 Å². The Morgan fingerprint density at radius 1 is 0.589 bits per heavy atom. The minimum absolute atomic E-state index is 0. The fourth-order valence-electron chi connectivity index (χ4n) is 7.85. The van der Waals surface area contributed by atoms with Crippen molar-refractivity contribution >= 4 is 21.9 Å². The van der Waals surface area contributed by atoms with Gasteiger partial charge in [-0.25, -0.2) is 4.98 Å². The van der Waals surface area contributed by atoms with Crippen LogP contribution in [0.15, 0.2) is 121 Å². The number of pyridine rings is 1. The number of phenolic OH excluding ortho intramolecular Hbond substituents is 1. The van der Waals surface area contributed by atoms with E-state index in [1.807, 2.05) is 18.3 Å². The molecule has 284 valence electrons. The van der Waals surface area contributed by atoms with Gasteiger partial charge in [-0.2, -0.15) is 0 Å². The van der Waals surface area contributed by atoms with Crippen molar-refractivity contribution in [1.82, 2.24) is 14.5 Å². The molecule has 0 aliphatic heterocycles. The van der Waals surface area contributed by atoms with Crippen LogP contribution in [0.2, 0.25) is 0 Å². The van der Waals surface area contributed by atoms with Gasteiger partial charge in [0.05, 0.1) is 16.6 Å². The zero-order valence-corrected chi connectivity index (χ0v) is 35.9. The number of imidazole rings is 1. The first kappa shape index (κ1) is 38.9. The summed E-state index contributed by atoms with van der Waals surface area (Å²) in [6.07, 6.45) is 1.88. The summed E-state index contributed by atoms with van der Waals surface area (Å²) in [4.78, 5) is 10.3. The Balaban J connectivity index is 0.00000480. The zero-order chi connectivity index (χ0) is 38.8. The van der Waals surface area contributed by atoms with Crippen molar-refractivity contribution in [2.45, 2.75) is 73.1 Å². The number of aryl methyl sites for hydroxylation is 3. The molecular formula is C51H48N3OPt-. The van der Waals surface area contributed by atoms with Crippen LogP contribution in [-0.2, 0) is 31.9 Å². The van der Waals surface area contributed by atoms with E-state index in [4.69, 9.17) is 9.97 Å². The summed E-state index contributed by atoms with van der Waals surface area (Å²) in [6.45, 7) is 19.8. The van der Waals surface area contributed by atoms with Crippen molar-refractivity contribution in [3.05, 3.63) is 155 Å². The van der Waals surface area contributed by atoms with E-state index in [0.717, 1.165) is 61.0 Å². The molecule has 0 saturated carbocycles. The van der Waals surface area contributed by atoms with Gasteiger partial charge >= 0.3 is 0 Å². The van der Waals surface area contributed by atoms with Crippen molar-refractivity contribution in [1.29, 1.82) is 0 Å². The molecule has 0 spiro atoms. The number of nitrogens with zero attached hydrogens (tertiary/aromatic N) is 3. The summed E-state index contributed by atoms with van der Waals surface area (Å²) in [7, 11) is 0. The molecule has 2 aromatic heterocycles. The molecule has 56 heavy (non-hydrogen) atoms. The average molecular weight is 914 g/mol. The number of aromatic hydroxyl groups is 1.